The Labute approximate surface area is 147 Å². The van der Waals surface area contributed by atoms with Crippen molar-refractivity contribution in [3.63, 3.8) is 0 Å². The first-order valence-electron chi connectivity index (χ1n) is 9.04. The Balaban J connectivity index is 1.85. The number of benzene rings is 1. The van der Waals surface area contributed by atoms with Crippen LogP contribution in [0.5, 0.6) is 5.75 Å². The summed E-state index contributed by atoms with van der Waals surface area (Å²) in [6.45, 7) is 5.46. The number of nitriles is 1. The summed E-state index contributed by atoms with van der Waals surface area (Å²) in [6.07, 6.45) is 6.72. The number of hydrogen-bond donors (Lipinski definition) is 0. The summed E-state index contributed by atoms with van der Waals surface area (Å²) in [6, 6.07) is 3.85. The van der Waals surface area contributed by atoms with Crippen LogP contribution in [0.15, 0.2) is 6.07 Å². The predicted octanol–water partition coefficient (Wildman–Crippen LogP) is 3.76. The van der Waals surface area contributed by atoms with Gasteiger partial charge in [0.25, 0.3) is 5.69 Å². The van der Waals surface area contributed by atoms with Gasteiger partial charge in [0.1, 0.15) is 28.7 Å². The minimum atomic E-state index is -0.364. The van der Waals surface area contributed by atoms with Crippen LogP contribution in [-0.2, 0) is 6.42 Å². The fourth-order valence-electron chi connectivity index (χ4n) is 4.38. The molecule has 2 heterocycles. The minimum Gasteiger partial charge on any atom is -0.486 e. The third-order valence-electron chi connectivity index (χ3n) is 5.89. The Kier molecular flexibility index (Phi) is 3.82. The van der Waals surface area contributed by atoms with E-state index in [0.717, 1.165) is 50.5 Å². The SMILES string of the molecule is [CH2][C@@H]1CCCN(c2c([N+](=O)[O-])cc3c(c2C#N)OC2(CCC2)CC3)C1. The fraction of sp³-hybridized carbons (Fsp3) is 0.579. The zero-order valence-electron chi connectivity index (χ0n) is 14.3. The highest BCUT2D eigenvalue weighted by Gasteiger charge is 2.44. The van der Waals surface area contributed by atoms with Gasteiger partial charge in [-0.3, -0.25) is 10.1 Å². The zero-order valence-corrected chi connectivity index (χ0v) is 14.3. The van der Waals surface area contributed by atoms with Gasteiger partial charge in [-0.2, -0.15) is 5.26 Å². The van der Waals surface area contributed by atoms with Crippen molar-refractivity contribution in [3.8, 4) is 11.8 Å². The van der Waals surface area contributed by atoms with Crippen LogP contribution in [0.3, 0.4) is 0 Å². The molecule has 1 atom stereocenters. The molecule has 2 fully saturated rings. The second-order valence-electron chi connectivity index (χ2n) is 7.57. The highest BCUT2D eigenvalue weighted by molar-refractivity contribution is 5.78. The molecule has 0 unspecified atom stereocenters. The third kappa shape index (κ3) is 2.62. The standard InChI is InChI=1S/C19H22N3O3/c1-13-4-2-9-21(12-13)17-15(11-20)18-14(10-16(17)22(23)24)5-8-19(25-18)6-3-7-19/h10,13H,1-9,12H2/t13-/m1/s1. The van der Waals surface area contributed by atoms with Gasteiger partial charge in [0.15, 0.2) is 0 Å². The summed E-state index contributed by atoms with van der Waals surface area (Å²) in [7, 11) is 0. The van der Waals surface area contributed by atoms with E-state index in [1.165, 1.54) is 0 Å². The van der Waals surface area contributed by atoms with E-state index in [2.05, 4.69) is 13.0 Å². The van der Waals surface area contributed by atoms with E-state index in [9.17, 15) is 15.4 Å². The number of fused-ring (bicyclic) bond motifs is 1. The lowest BCUT2D eigenvalue weighted by Gasteiger charge is -2.45. The molecule has 1 radical (unpaired) electrons. The second-order valence-corrected chi connectivity index (χ2v) is 7.57. The molecule has 131 valence electrons. The number of rotatable bonds is 2. The molecule has 3 aliphatic rings. The van der Waals surface area contributed by atoms with Crippen molar-refractivity contribution in [2.24, 2.45) is 5.92 Å². The molecule has 6 heteroatoms. The number of ether oxygens (including phenoxy) is 1. The average Bonchev–Trinajstić information content (AvgIpc) is 2.58. The topological polar surface area (TPSA) is 79.4 Å². The Hall–Kier alpha value is -2.29. The molecule has 0 bridgehead atoms. The molecule has 1 aromatic carbocycles. The van der Waals surface area contributed by atoms with Crippen molar-refractivity contribution in [3.05, 3.63) is 34.2 Å². The summed E-state index contributed by atoms with van der Waals surface area (Å²) >= 11 is 0. The van der Waals surface area contributed by atoms with Gasteiger partial charge in [-0.05, 0) is 57.8 Å². The van der Waals surface area contributed by atoms with E-state index in [4.69, 9.17) is 4.74 Å². The number of anilines is 1. The minimum absolute atomic E-state index is 0.0255. The quantitative estimate of drug-likeness (QED) is 0.605. The number of hydrogen-bond acceptors (Lipinski definition) is 5. The van der Waals surface area contributed by atoms with Crippen molar-refractivity contribution in [2.45, 2.75) is 50.5 Å². The van der Waals surface area contributed by atoms with Gasteiger partial charge in [0.2, 0.25) is 0 Å². The average molecular weight is 340 g/mol. The molecule has 1 aromatic rings. The lowest BCUT2D eigenvalue weighted by atomic mass is 9.74. The van der Waals surface area contributed by atoms with Crippen molar-refractivity contribution >= 4 is 11.4 Å². The van der Waals surface area contributed by atoms with Crippen LogP contribution in [0, 0.1) is 34.3 Å². The lowest BCUT2D eigenvalue weighted by molar-refractivity contribution is -0.384. The van der Waals surface area contributed by atoms with Crippen LogP contribution in [0.1, 0.15) is 49.7 Å². The molecule has 4 rings (SSSR count). The molecular formula is C19H22N3O3. The molecule has 1 spiro atoms. The summed E-state index contributed by atoms with van der Waals surface area (Å²) in [5.41, 5.74) is 1.44. The highest BCUT2D eigenvalue weighted by atomic mass is 16.6. The molecular weight excluding hydrogens is 318 g/mol. The Morgan fingerprint density at radius 3 is 2.80 bits per heavy atom. The van der Waals surface area contributed by atoms with Crippen molar-refractivity contribution in [1.29, 1.82) is 5.26 Å². The van der Waals surface area contributed by atoms with Gasteiger partial charge < -0.3 is 9.64 Å². The molecule has 2 aliphatic heterocycles. The smallest absolute Gasteiger partial charge is 0.294 e. The Morgan fingerprint density at radius 1 is 1.40 bits per heavy atom. The Bertz CT molecular complexity index is 764. The number of nitro groups is 1. The van der Waals surface area contributed by atoms with Crippen LogP contribution in [0.2, 0.25) is 0 Å². The summed E-state index contributed by atoms with van der Waals surface area (Å²) < 4.78 is 6.28. The van der Waals surface area contributed by atoms with Gasteiger partial charge in [-0.15, -0.1) is 0 Å². The van der Waals surface area contributed by atoms with Gasteiger partial charge in [0.05, 0.1) is 4.92 Å². The van der Waals surface area contributed by atoms with Gasteiger partial charge in [0, 0.05) is 24.7 Å². The van der Waals surface area contributed by atoms with Crippen LogP contribution in [0.4, 0.5) is 11.4 Å². The summed E-state index contributed by atoms with van der Waals surface area (Å²) in [5, 5.41) is 21.6. The predicted molar refractivity (Wildman–Crippen MR) is 93.6 cm³/mol. The monoisotopic (exact) mass is 340 g/mol. The molecule has 1 aliphatic carbocycles. The van der Waals surface area contributed by atoms with Gasteiger partial charge in [-0.25, -0.2) is 0 Å². The van der Waals surface area contributed by atoms with Crippen LogP contribution < -0.4 is 9.64 Å². The first-order valence-corrected chi connectivity index (χ1v) is 9.04. The van der Waals surface area contributed by atoms with E-state index >= 15 is 0 Å². The normalized spacial score (nSPS) is 24.0. The highest BCUT2D eigenvalue weighted by Crippen LogP contribution is 2.50. The molecule has 1 saturated carbocycles. The van der Waals surface area contributed by atoms with Gasteiger partial charge >= 0.3 is 0 Å². The van der Waals surface area contributed by atoms with E-state index in [1.807, 2.05) is 4.90 Å². The summed E-state index contributed by atoms with van der Waals surface area (Å²) in [5.74, 6) is 0.801. The van der Waals surface area contributed by atoms with E-state index < -0.39 is 0 Å². The van der Waals surface area contributed by atoms with Crippen LogP contribution in [-0.4, -0.2) is 23.6 Å². The number of aryl methyl sites for hydroxylation is 1. The lowest BCUT2D eigenvalue weighted by Crippen LogP contribution is -2.46. The summed E-state index contributed by atoms with van der Waals surface area (Å²) in [4.78, 5) is 13.3. The fourth-order valence-corrected chi connectivity index (χ4v) is 4.38. The molecule has 6 nitrogen and oxygen atoms in total. The van der Waals surface area contributed by atoms with Crippen LogP contribution >= 0.6 is 0 Å². The first-order chi connectivity index (χ1) is 12.0. The second kappa shape index (κ2) is 5.91. The largest absolute Gasteiger partial charge is 0.486 e. The number of nitro benzene ring substituents is 1. The van der Waals surface area contributed by atoms with E-state index in [-0.39, 0.29) is 22.1 Å². The van der Waals surface area contributed by atoms with E-state index in [1.54, 1.807) is 6.07 Å². The molecule has 0 aromatic heterocycles. The molecule has 25 heavy (non-hydrogen) atoms. The maximum atomic E-state index is 11.7. The van der Waals surface area contributed by atoms with E-state index in [0.29, 0.717) is 30.1 Å². The Morgan fingerprint density at radius 2 is 2.20 bits per heavy atom. The van der Waals surface area contributed by atoms with Crippen molar-refractivity contribution in [1.82, 2.24) is 0 Å². The zero-order chi connectivity index (χ0) is 17.6. The van der Waals surface area contributed by atoms with Crippen molar-refractivity contribution in [2.75, 3.05) is 18.0 Å². The molecule has 0 amide bonds. The number of piperidine rings is 1. The van der Waals surface area contributed by atoms with Crippen molar-refractivity contribution < 1.29 is 9.66 Å². The first kappa shape index (κ1) is 16.2. The maximum absolute atomic E-state index is 11.7. The molecule has 1 saturated heterocycles. The molecule has 0 N–H and O–H groups in total. The maximum Gasteiger partial charge on any atom is 0.294 e. The van der Waals surface area contributed by atoms with Crippen LogP contribution in [0.25, 0.3) is 0 Å². The third-order valence-corrected chi connectivity index (χ3v) is 5.89. The number of nitrogens with zero attached hydrogens (tertiary/aromatic N) is 3. The van der Waals surface area contributed by atoms with Gasteiger partial charge in [-0.1, -0.05) is 0 Å².